The maximum Gasteiger partial charge on any atom is 0.187 e. The number of thioether (sulfide) groups is 1. The molecule has 2 atom stereocenters. The zero-order valence-corrected chi connectivity index (χ0v) is 9.41. The van der Waals surface area contributed by atoms with Crippen molar-refractivity contribution in [3.8, 4) is 0 Å². The van der Waals surface area contributed by atoms with Crippen molar-refractivity contribution < 1.29 is 0 Å². The quantitative estimate of drug-likeness (QED) is 0.621. The Hall–Kier alpha value is -0.870. The van der Waals surface area contributed by atoms with Crippen molar-refractivity contribution in [1.29, 1.82) is 0 Å². The largest absolute Gasteiger partial charge is 0.315 e. The molecule has 0 radical (unpaired) electrons. The summed E-state index contributed by atoms with van der Waals surface area (Å²) in [7, 11) is 0. The fourth-order valence-corrected chi connectivity index (χ4v) is 2.89. The van der Waals surface area contributed by atoms with Crippen LogP contribution < -0.4 is 5.32 Å². The average molecular weight is 221 g/mol. The lowest BCUT2D eigenvalue weighted by Crippen LogP contribution is -2.14. The van der Waals surface area contributed by atoms with Crippen LogP contribution in [0.2, 0.25) is 0 Å². The van der Waals surface area contributed by atoms with Gasteiger partial charge in [-0.25, -0.2) is 9.97 Å². The van der Waals surface area contributed by atoms with E-state index >= 15 is 0 Å². The van der Waals surface area contributed by atoms with Crippen molar-refractivity contribution in [2.45, 2.75) is 16.8 Å². The highest BCUT2D eigenvalue weighted by atomic mass is 32.2. The molecule has 80 valence electrons. The third-order valence-corrected chi connectivity index (χ3v) is 3.82. The molecule has 1 aliphatic rings. The Bertz CT molecular complexity index is 315. The molecule has 0 aliphatic carbocycles. The van der Waals surface area contributed by atoms with E-state index in [9.17, 15) is 0 Å². The van der Waals surface area contributed by atoms with Crippen LogP contribution in [0.25, 0.3) is 0 Å². The standard InChI is InChI=1S/C11H15N3S/c1-2-4-9-7-12-8-10(9)15-11-13-5-3-6-14-11/h2-3,5-6,9-10,12H,1,4,7-8H2/t9-,10-/m1/s1. The minimum atomic E-state index is 0.574. The van der Waals surface area contributed by atoms with Crippen LogP contribution in [0, 0.1) is 5.92 Å². The monoisotopic (exact) mass is 221 g/mol. The Balaban J connectivity index is 1.96. The van der Waals surface area contributed by atoms with Gasteiger partial charge >= 0.3 is 0 Å². The highest BCUT2D eigenvalue weighted by Crippen LogP contribution is 2.29. The van der Waals surface area contributed by atoms with Gasteiger partial charge in [0.1, 0.15) is 0 Å². The van der Waals surface area contributed by atoms with E-state index in [1.165, 1.54) is 0 Å². The van der Waals surface area contributed by atoms with Crippen LogP contribution in [-0.2, 0) is 0 Å². The van der Waals surface area contributed by atoms with Crippen LogP contribution >= 0.6 is 11.8 Å². The zero-order valence-electron chi connectivity index (χ0n) is 8.60. The summed E-state index contributed by atoms with van der Waals surface area (Å²) in [5.74, 6) is 0.663. The first-order valence-corrected chi connectivity index (χ1v) is 6.03. The van der Waals surface area contributed by atoms with Crippen LogP contribution in [-0.4, -0.2) is 28.3 Å². The van der Waals surface area contributed by atoms with Gasteiger partial charge in [0.25, 0.3) is 0 Å². The van der Waals surface area contributed by atoms with E-state index in [1.807, 2.05) is 12.1 Å². The summed E-state index contributed by atoms with van der Waals surface area (Å²) in [6.07, 6.45) is 6.65. The molecule has 0 spiro atoms. The second-order valence-corrected chi connectivity index (χ2v) is 4.84. The topological polar surface area (TPSA) is 37.8 Å². The number of hydrogen-bond donors (Lipinski definition) is 1. The zero-order chi connectivity index (χ0) is 10.5. The van der Waals surface area contributed by atoms with Crippen molar-refractivity contribution in [2.24, 2.45) is 5.92 Å². The average Bonchev–Trinajstić information content (AvgIpc) is 2.68. The predicted octanol–water partition coefficient (Wildman–Crippen LogP) is 1.73. The third kappa shape index (κ3) is 2.79. The summed E-state index contributed by atoms with van der Waals surface area (Å²) in [4.78, 5) is 8.47. The third-order valence-electron chi connectivity index (χ3n) is 2.55. The summed E-state index contributed by atoms with van der Waals surface area (Å²) < 4.78 is 0. The van der Waals surface area contributed by atoms with E-state index in [4.69, 9.17) is 0 Å². The van der Waals surface area contributed by atoms with Gasteiger partial charge < -0.3 is 5.32 Å². The number of allylic oxidation sites excluding steroid dienone is 1. The van der Waals surface area contributed by atoms with Gasteiger partial charge in [0, 0.05) is 24.2 Å². The Morgan fingerprint density at radius 3 is 3.00 bits per heavy atom. The van der Waals surface area contributed by atoms with Gasteiger partial charge in [0.2, 0.25) is 0 Å². The Labute approximate surface area is 94.4 Å². The maximum atomic E-state index is 4.24. The normalized spacial score (nSPS) is 25.3. The van der Waals surface area contributed by atoms with Gasteiger partial charge in [-0.1, -0.05) is 17.8 Å². The Morgan fingerprint density at radius 2 is 2.27 bits per heavy atom. The number of aromatic nitrogens is 2. The van der Waals surface area contributed by atoms with Crippen LogP contribution in [0.3, 0.4) is 0 Å². The number of rotatable bonds is 4. The summed E-state index contributed by atoms with van der Waals surface area (Å²) in [6, 6.07) is 1.85. The molecule has 1 saturated heterocycles. The molecular weight excluding hydrogens is 206 g/mol. The molecule has 0 aromatic carbocycles. The van der Waals surface area contributed by atoms with E-state index in [-0.39, 0.29) is 0 Å². The smallest absolute Gasteiger partial charge is 0.187 e. The summed E-state index contributed by atoms with van der Waals surface area (Å²) >= 11 is 1.77. The Kier molecular flexibility index (Phi) is 3.75. The Morgan fingerprint density at radius 1 is 1.47 bits per heavy atom. The first-order chi connectivity index (χ1) is 7.40. The first kappa shape index (κ1) is 10.6. The molecule has 0 unspecified atom stereocenters. The molecule has 1 N–H and O–H groups in total. The van der Waals surface area contributed by atoms with Crippen LogP contribution in [0.4, 0.5) is 0 Å². The van der Waals surface area contributed by atoms with E-state index in [0.717, 1.165) is 24.7 Å². The number of hydrogen-bond acceptors (Lipinski definition) is 4. The fourth-order valence-electron chi connectivity index (χ4n) is 1.78. The lowest BCUT2D eigenvalue weighted by Gasteiger charge is -2.14. The predicted molar refractivity (Wildman–Crippen MR) is 62.9 cm³/mol. The molecular formula is C11H15N3S. The lowest BCUT2D eigenvalue weighted by molar-refractivity contribution is 0.603. The molecule has 0 amide bonds. The van der Waals surface area contributed by atoms with E-state index in [0.29, 0.717) is 11.2 Å². The van der Waals surface area contributed by atoms with Crippen molar-refractivity contribution in [3.63, 3.8) is 0 Å². The number of nitrogens with one attached hydrogen (secondary N) is 1. The van der Waals surface area contributed by atoms with Crippen LogP contribution in [0.1, 0.15) is 6.42 Å². The molecule has 15 heavy (non-hydrogen) atoms. The molecule has 0 saturated carbocycles. The van der Waals surface area contributed by atoms with E-state index in [1.54, 1.807) is 24.2 Å². The molecule has 2 rings (SSSR count). The first-order valence-electron chi connectivity index (χ1n) is 5.15. The summed E-state index contributed by atoms with van der Waals surface area (Å²) in [5, 5.41) is 4.85. The van der Waals surface area contributed by atoms with Crippen LogP contribution in [0.5, 0.6) is 0 Å². The molecule has 4 heteroatoms. The second kappa shape index (κ2) is 5.28. The maximum absolute atomic E-state index is 4.24. The van der Waals surface area contributed by atoms with Gasteiger partial charge in [-0.2, -0.15) is 0 Å². The van der Waals surface area contributed by atoms with Crippen molar-refractivity contribution in [3.05, 3.63) is 31.1 Å². The molecule has 1 aromatic rings. The van der Waals surface area contributed by atoms with Crippen molar-refractivity contribution >= 4 is 11.8 Å². The fraction of sp³-hybridized carbons (Fsp3) is 0.455. The van der Waals surface area contributed by atoms with Gasteiger partial charge in [0.05, 0.1) is 0 Å². The highest BCUT2D eigenvalue weighted by Gasteiger charge is 2.27. The van der Waals surface area contributed by atoms with Gasteiger partial charge in [-0.3, -0.25) is 0 Å². The molecule has 1 aromatic heterocycles. The molecule has 1 fully saturated rings. The number of nitrogens with zero attached hydrogens (tertiary/aromatic N) is 2. The second-order valence-electron chi connectivity index (χ2n) is 3.63. The minimum Gasteiger partial charge on any atom is -0.315 e. The summed E-state index contributed by atoms with van der Waals surface area (Å²) in [5.41, 5.74) is 0. The van der Waals surface area contributed by atoms with Crippen LogP contribution in [0.15, 0.2) is 36.3 Å². The highest BCUT2D eigenvalue weighted by molar-refractivity contribution is 7.99. The lowest BCUT2D eigenvalue weighted by atomic mass is 10.1. The minimum absolute atomic E-state index is 0.574. The van der Waals surface area contributed by atoms with E-state index in [2.05, 4.69) is 21.9 Å². The SMILES string of the molecule is C=CC[C@@H]1CNC[C@H]1Sc1ncccn1. The summed E-state index contributed by atoms with van der Waals surface area (Å²) in [6.45, 7) is 5.92. The molecule has 3 nitrogen and oxygen atoms in total. The molecule has 0 bridgehead atoms. The molecule has 2 heterocycles. The van der Waals surface area contributed by atoms with Gasteiger partial charge in [-0.15, -0.1) is 6.58 Å². The van der Waals surface area contributed by atoms with Crippen molar-refractivity contribution in [1.82, 2.24) is 15.3 Å². The molecule has 1 aliphatic heterocycles. The van der Waals surface area contributed by atoms with Gasteiger partial charge in [0.15, 0.2) is 5.16 Å². The van der Waals surface area contributed by atoms with E-state index < -0.39 is 0 Å². The van der Waals surface area contributed by atoms with Gasteiger partial charge in [-0.05, 0) is 24.9 Å². The van der Waals surface area contributed by atoms with Crippen molar-refractivity contribution in [2.75, 3.05) is 13.1 Å².